The first kappa shape index (κ1) is 13.5. The summed E-state index contributed by atoms with van der Waals surface area (Å²) in [5, 5.41) is 3.12. The monoisotopic (exact) mass is 268 g/mol. The Hall–Kier alpha value is -0.910. The van der Waals surface area contributed by atoms with E-state index in [-0.39, 0.29) is 11.8 Å². The van der Waals surface area contributed by atoms with Gasteiger partial charge in [-0.25, -0.2) is 8.42 Å². The molecule has 2 rings (SSSR count). The van der Waals surface area contributed by atoms with Gasteiger partial charge in [-0.3, -0.25) is 0 Å². The van der Waals surface area contributed by atoms with Gasteiger partial charge in [0.2, 0.25) is 10.0 Å². The van der Waals surface area contributed by atoms with Gasteiger partial charge in [-0.2, -0.15) is 4.31 Å². The van der Waals surface area contributed by atoms with Crippen molar-refractivity contribution < 1.29 is 8.42 Å². The van der Waals surface area contributed by atoms with Crippen LogP contribution in [0.25, 0.3) is 0 Å². The van der Waals surface area contributed by atoms with Crippen molar-refractivity contribution >= 4 is 10.0 Å². The lowest BCUT2D eigenvalue weighted by atomic mass is 10.2. The Balaban J connectivity index is 1.97. The summed E-state index contributed by atoms with van der Waals surface area (Å²) in [6, 6.07) is 9.91. The quantitative estimate of drug-likeness (QED) is 0.832. The molecular formula is C13H20N2O2S. The molecule has 1 N–H and O–H groups in total. The molecule has 0 bridgehead atoms. The van der Waals surface area contributed by atoms with Crippen molar-refractivity contribution in [2.45, 2.75) is 19.4 Å². The number of benzene rings is 1. The van der Waals surface area contributed by atoms with E-state index in [9.17, 15) is 8.42 Å². The topological polar surface area (TPSA) is 49.4 Å². The lowest BCUT2D eigenvalue weighted by Gasteiger charge is -2.36. The van der Waals surface area contributed by atoms with Gasteiger partial charge in [0.1, 0.15) is 0 Å². The molecule has 0 radical (unpaired) electrons. The maximum Gasteiger partial charge on any atom is 0.214 e. The first-order valence-electron chi connectivity index (χ1n) is 6.37. The van der Waals surface area contributed by atoms with Gasteiger partial charge in [0.05, 0.1) is 5.75 Å². The van der Waals surface area contributed by atoms with Crippen LogP contribution in [-0.4, -0.2) is 44.2 Å². The van der Waals surface area contributed by atoms with Gasteiger partial charge in [0.15, 0.2) is 0 Å². The van der Waals surface area contributed by atoms with Crippen molar-refractivity contribution in [2.75, 3.05) is 25.4 Å². The predicted octanol–water partition coefficient (Wildman–Crippen LogP) is 0.853. The molecule has 1 aliphatic heterocycles. The van der Waals surface area contributed by atoms with Crippen LogP contribution in [-0.2, 0) is 16.4 Å². The van der Waals surface area contributed by atoms with Crippen LogP contribution in [0.1, 0.15) is 12.5 Å². The van der Waals surface area contributed by atoms with E-state index < -0.39 is 10.0 Å². The van der Waals surface area contributed by atoms with Crippen molar-refractivity contribution in [2.24, 2.45) is 0 Å². The minimum Gasteiger partial charge on any atom is -0.313 e. The summed E-state index contributed by atoms with van der Waals surface area (Å²) in [7, 11) is -3.14. The average molecular weight is 268 g/mol. The highest BCUT2D eigenvalue weighted by molar-refractivity contribution is 7.89. The van der Waals surface area contributed by atoms with Gasteiger partial charge >= 0.3 is 0 Å². The molecule has 0 amide bonds. The minimum atomic E-state index is -3.14. The molecule has 1 aliphatic rings. The summed E-state index contributed by atoms with van der Waals surface area (Å²) in [6.07, 6.45) is 0.583. The number of likely N-dealkylation sites (N-methyl/N-ethyl adjacent to an activating group) is 1. The molecule has 1 aromatic rings. The van der Waals surface area contributed by atoms with Crippen molar-refractivity contribution in [3.05, 3.63) is 35.9 Å². The molecule has 1 heterocycles. The van der Waals surface area contributed by atoms with E-state index in [1.165, 1.54) is 0 Å². The zero-order valence-electron chi connectivity index (χ0n) is 10.7. The maximum absolute atomic E-state index is 12.3. The largest absolute Gasteiger partial charge is 0.313 e. The number of nitrogens with zero attached hydrogens (tertiary/aromatic N) is 1. The molecule has 0 aromatic heterocycles. The fourth-order valence-electron chi connectivity index (χ4n) is 2.17. The van der Waals surface area contributed by atoms with Crippen molar-refractivity contribution in [1.29, 1.82) is 0 Å². The summed E-state index contributed by atoms with van der Waals surface area (Å²) in [6.45, 7) is 4.01. The molecule has 100 valence electrons. The van der Waals surface area contributed by atoms with Gasteiger partial charge in [-0.05, 0) is 12.0 Å². The van der Waals surface area contributed by atoms with Crippen LogP contribution in [0.15, 0.2) is 30.3 Å². The maximum atomic E-state index is 12.3. The van der Waals surface area contributed by atoms with Gasteiger partial charge in [-0.1, -0.05) is 37.3 Å². The molecule has 5 heteroatoms. The third-order valence-electron chi connectivity index (χ3n) is 3.33. The molecule has 18 heavy (non-hydrogen) atoms. The standard InChI is InChI=1S/C13H20N2O2S/c1-2-15(13-10-14-11-13)18(16,17)9-8-12-6-4-3-5-7-12/h3-7,13-14H,2,8-11H2,1H3. The smallest absolute Gasteiger partial charge is 0.214 e. The van der Waals surface area contributed by atoms with E-state index in [1.807, 2.05) is 37.3 Å². The lowest BCUT2D eigenvalue weighted by molar-refractivity contribution is 0.249. The number of sulfonamides is 1. The van der Waals surface area contributed by atoms with Gasteiger partial charge in [-0.15, -0.1) is 0 Å². The molecule has 4 nitrogen and oxygen atoms in total. The summed E-state index contributed by atoms with van der Waals surface area (Å²) in [5.74, 6) is 0.196. The lowest BCUT2D eigenvalue weighted by Crippen LogP contribution is -2.59. The van der Waals surface area contributed by atoms with Crippen molar-refractivity contribution in [3.8, 4) is 0 Å². The Kier molecular flexibility index (Phi) is 4.37. The Labute approximate surface area is 109 Å². The van der Waals surface area contributed by atoms with Crippen LogP contribution in [0, 0.1) is 0 Å². The van der Waals surface area contributed by atoms with Crippen LogP contribution in [0.4, 0.5) is 0 Å². The summed E-state index contributed by atoms with van der Waals surface area (Å²) in [5.41, 5.74) is 1.07. The normalized spacial score (nSPS) is 16.8. The fourth-order valence-corrected chi connectivity index (χ4v) is 3.89. The average Bonchev–Trinajstić information content (AvgIpc) is 2.32. The Bertz CT molecular complexity index is 469. The molecule has 0 saturated carbocycles. The number of rotatable bonds is 6. The van der Waals surface area contributed by atoms with E-state index in [1.54, 1.807) is 4.31 Å². The second-order valence-electron chi connectivity index (χ2n) is 4.57. The van der Waals surface area contributed by atoms with Crippen LogP contribution >= 0.6 is 0 Å². The summed E-state index contributed by atoms with van der Waals surface area (Å²) >= 11 is 0. The predicted molar refractivity (Wildman–Crippen MR) is 73.0 cm³/mol. The first-order chi connectivity index (χ1) is 8.63. The van der Waals surface area contributed by atoms with Crippen LogP contribution < -0.4 is 5.32 Å². The van der Waals surface area contributed by atoms with E-state index in [0.717, 1.165) is 18.7 Å². The number of aryl methyl sites for hydroxylation is 1. The summed E-state index contributed by atoms with van der Waals surface area (Å²) < 4.78 is 26.2. The van der Waals surface area contributed by atoms with Crippen LogP contribution in [0.5, 0.6) is 0 Å². The van der Waals surface area contributed by atoms with Crippen LogP contribution in [0.2, 0.25) is 0 Å². The molecular weight excluding hydrogens is 248 g/mol. The minimum absolute atomic E-state index is 0.149. The number of hydrogen-bond acceptors (Lipinski definition) is 3. The van der Waals surface area contributed by atoms with Gasteiger partial charge in [0, 0.05) is 25.7 Å². The molecule has 1 fully saturated rings. The number of hydrogen-bond donors (Lipinski definition) is 1. The van der Waals surface area contributed by atoms with E-state index in [2.05, 4.69) is 5.32 Å². The Morgan fingerprint density at radius 2 is 1.94 bits per heavy atom. The molecule has 0 atom stereocenters. The third-order valence-corrected chi connectivity index (χ3v) is 5.32. The van der Waals surface area contributed by atoms with Crippen molar-refractivity contribution in [1.82, 2.24) is 9.62 Å². The Morgan fingerprint density at radius 3 is 2.44 bits per heavy atom. The second kappa shape index (κ2) is 5.82. The second-order valence-corrected chi connectivity index (χ2v) is 6.61. The van der Waals surface area contributed by atoms with E-state index in [4.69, 9.17) is 0 Å². The molecule has 0 spiro atoms. The zero-order chi connectivity index (χ0) is 13.0. The van der Waals surface area contributed by atoms with E-state index >= 15 is 0 Å². The van der Waals surface area contributed by atoms with Gasteiger partial charge < -0.3 is 5.32 Å². The highest BCUT2D eigenvalue weighted by Crippen LogP contribution is 2.13. The van der Waals surface area contributed by atoms with E-state index in [0.29, 0.717) is 13.0 Å². The highest BCUT2D eigenvalue weighted by Gasteiger charge is 2.31. The SMILES string of the molecule is CCN(C1CNC1)S(=O)(=O)CCc1ccccc1. The fraction of sp³-hybridized carbons (Fsp3) is 0.538. The first-order valence-corrected chi connectivity index (χ1v) is 7.98. The molecule has 0 aliphatic carbocycles. The molecule has 1 saturated heterocycles. The summed E-state index contributed by atoms with van der Waals surface area (Å²) in [4.78, 5) is 0. The highest BCUT2D eigenvalue weighted by atomic mass is 32.2. The zero-order valence-corrected chi connectivity index (χ0v) is 11.5. The van der Waals surface area contributed by atoms with Gasteiger partial charge in [0.25, 0.3) is 0 Å². The molecule has 1 aromatic carbocycles. The Morgan fingerprint density at radius 1 is 1.28 bits per heavy atom. The molecule has 0 unspecified atom stereocenters. The van der Waals surface area contributed by atoms with Crippen LogP contribution in [0.3, 0.4) is 0 Å². The number of nitrogens with one attached hydrogen (secondary N) is 1. The third kappa shape index (κ3) is 3.10. The van der Waals surface area contributed by atoms with Crippen molar-refractivity contribution in [3.63, 3.8) is 0 Å².